The summed E-state index contributed by atoms with van der Waals surface area (Å²) in [5.41, 5.74) is 0.596. The van der Waals surface area contributed by atoms with E-state index in [-0.39, 0.29) is 26.6 Å². The van der Waals surface area contributed by atoms with Crippen LogP contribution in [0.25, 0.3) is 0 Å². The molecule has 1 heterocycles. The Balaban J connectivity index is 1.85. The Hall–Kier alpha value is -1.50. The van der Waals surface area contributed by atoms with Crippen molar-refractivity contribution >= 4 is 0 Å². The minimum Gasteiger partial charge on any atom is -0.490 e. The van der Waals surface area contributed by atoms with Crippen LogP contribution in [0.2, 0.25) is 0 Å². The second kappa shape index (κ2) is 8.07. The first-order valence-electron chi connectivity index (χ1n) is 7.16. The Kier molecular flexibility index (Phi) is 6.10. The number of rotatable bonds is 9. The number of ether oxygens (including phenoxy) is 4. The topological polar surface area (TPSA) is 77.4 Å². The number of aliphatic hydroxyl groups excluding tert-OH is 2. The summed E-state index contributed by atoms with van der Waals surface area (Å²) in [6.07, 6.45) is 1.33. The number of unbranched alkanes of at least 4 members (excludes halogenated alkanes) is 1. The summed E-state index contributed by atoms with van der Waals surface area (Å²) in [5, 5.41) is 19.2. The fourth-order valence-electron chi connectivity index (χ4n) is 1.92. The summed E-state index contributed by atoms with van der Waals surface area (Å²) < 4.78 is 21.4. The average molecular weight is 298 g/mol. The third-order valence-electron chi connectivity index (χ3n) is 3.11. The van der Waals surface area contributed by atoms with Crippen molar-refractivity contribution in [1.82, 2.24) is 0 Å². The van der Waals surface area contributed by atoms with Crippen LogP contribution in [-0.2, 0) is 11.3 Å². The van der Waals surface area contributed by atoms with Gasteiger partial charge in [0.2, 0.25) is 6.79 Å². The van der Waals surface area contributed by atoms with Crippen LogP contribution >= 0.6 is 0 Å². The van der Waals surface area contributed by atoms with Crippen molar-refractivity contribution in [3.05, 3.63) is 17.7 Å². The molecule has 21 heavy (non-hydrogen) atoms. The number of aliphatic hydroxyl groups is 2. The van der Waals surface area contributed by atoms with E-state index in [1.807, 2.05) is 0 Å². The van der Waals surface area contributed by atoms with Gasteiger partial charge in [0.05, 0.1) is 13.2 Å². The highest BCUT2D eigenvalue weighted by molar-refractivity contribution is 5.51. The van der Waals surface area contributed by atoms with Gasteiger partial charge in [0, 0.05) is 18.2 Å². The molecule has 0 amide bonds. The molecule has 0 aliphatic carbocycles. The van der Waals surface area contributed by atoms with E-state index in [1.54, 1.807) is 12.1 Å². The van der Waals surface area contributed by atoms with Crippen LogP contribution in [0, 0.1) is 0 Å². The molecule has 1 aliphatic rings. The van der Waals surface area contributed by atoms with Crippen molar-refractivity contribution in [2.24, 2.45) is 0 Å². The Morgan fingerprint density at radius 2 is 2.00 bits per heavy atom. The molecule has 0 bridgehead atoms. The molecule has 118 valence electrons. The minimum absolute atomic E-state index is 0.0960. The van der Waals surface area contributed by atoms with Crippen LogP contribution in [0.4, 0.5) is 0 Å². The van der Waals surface area contributed by atoms with Gasteiger partial charge in [-0.05, 0) is 12.5 Å². The van der Waals surface area contributed by atoms with E-state index in [4.69, 9.17) is 18.9 Å². The maximum absolute atomic E-state index is 9.80. The fourth-order valence-corrected chi connectivity index (χ4v) is 1.92. The quantitative estimate of drug-likeness (QED) is 0.672. The van der Waals surface area contributed by atoms with Crippen LogP contribution in [0.3, 0.4) is 0 Å². The Morgan fingerprint density at radius 3 is 2.71 bits per heavy atom. The molecule has 6 nitrogen and oxygen atoms in total. The fraction of sp³-hybridized carbons (Fsp3) is 0.600. The molecule has 2 rings (SSSR count). The Labute approximate surface area is 124 Å². The van der Waals surface area contributed by atoms with Crippen LogP contribution in [0.5, 0.6) is 17.2 Å². The van der Waals surface area contributed by atoms with E-state index < -0.39 is 6.10 Å². The highest BCUT2D eigenvalue weighted by atomic mass is 16.7. The van der Waals surface area contributed by atoms with Gasteiger partial charge in [0.25, 0.3) is 0 Å². The standard InChI is InChI=1S/C15H22O6/c1-2-3-4-18-8-12(17)9-19-13-6-15-14(20-10-21-15)5-11(13)7-16/h5-6,12,16-17H,2-4,7-10H2,1H3. The van der Waals surface area contributed by atoms with Crippen molar-refractivity contribution in [2.45, 2.75) is 32.5 Å². The molecule has 1 unspecified atom stereocenters. The van der Waals surface area contributed by atoms with E-state index in [1.165, 1.54) is 0 Å². The van der Waals surface area contributed by atoms with E-state index in [0.717, 1.165) is 12.8 Å². The molecule has 1 aromatic carbocycles. The Bertz CT molecular complexity index is 448. The van der Waals surface area contributed by atoms with Crippen LogP contribution in [-0.4, -0.2) is 42.9 Å². The zero-order chi connectivity index (χ0) is 15.1. The van der Waals surface area contributed by atoms with Crippen molar-refractivity contribution in [2.75, 3.05) is 26.6 Å². The number of hydrogen-bond donors (Lipinski definition) is 2. The third-order valence-corrected chi connectivity index (χ3v) is 3.11. The third kappa shape index (κ3) is 4.49. The molecular formula is C15H22O6. The summed E-state index contributed by atoms with van der Waals surface area (Å²) in [4.78, 5) is 0. The zero-order valence-electron chi connectivity index (χ0n) is 12.2. The van der Waals surface area contributed by atoms with Crippen molar-refractivity contribution in [3.63, 3.8) is 0 Å². The van der Waals surface area contributed by atoms with Gasteiger partial charge in [-0.3, -0.25) is 0 Å². The van der Waals surface area contributed by atoms with Gasteiger partial charge in [-0.25, -0.2) is 0 Å². The zero-order valence-corrected chi connectivity index (χ0v) is 12.2. The van der Waals surface area contributed by atoms with Crippen LogP contribution in [0.1, 0.15) is 25.3 Å². The van der Waals surface area contributed by atoms with Crippen molar-refractivity contribution < 1.29 is 29.2 Å². The first-order valence-corrected chi connectivity index (χ1v) is 7.16. The highest BCUT2D eigenvalue weighted by Gasteiger charge is 2.18. The van der Waals surface area contributed by atoms with Crippen molar-refractivity contribution in [3.8, 4) is 17.2 Å². The summed E-state index contributed by atoms with van der Waals surface area (Å²) in [5.74, 6) is 1.65. The summed E-state index contributed by atoms with van der Waals surface area (Å²) in [6.45, 7) is 3.04. The van der Waals surface area contributed by atoms with Gasteiger partial charge in [-0.1, -0.05) is 13.3 Å². The highest BCUT2D eigenvalue weighted by Crippen LogP contribution is 2.38. The SMILES string of the molecule is CCCCOCC(O)COc1cc2c(cc1CO)OCO2. The number of hydrogen-bond acceptors (Lipinski definition) is 6. The molecule has 0 saturated heterocycles. The maximum atomic E-state index is 9.80. The smallest absolute Gasteiger partial charge is 0.231 e. The Morgan fingerprint density at radius 1 is 1.24 bits per heavy atom. The summed E-state index contributed by atoms with van der Waals surface area (Å²) in [6, 6.07) is 3.35. The van der Waals surface area contributed by atoms with E-state index in [2.05, 4.69) is 6.92 Å². The van der Waals surface area contributed by atoms with Crippen LogP contribution < -0.4 is 14.2 Å². The molecule has 1 aromatic rings. The van der Waals surface area contributed by atoms with Gasteiger partial charge in [0.1, 0.15) is 18.5 Å². The molecule has 0 fully saturated rings. The van der Waals surface area contributed by atoms with E-state index in [0.29, 0.717) is 29.4 Å². The van der Waals surface area contributed by atoms with Gasteiger partial charge in [-0.2, -0.15) is 0 Å². The lowest BCUT2D eigenvalue weighted by atomic mass is 10.2. The second-order valence-corrected chi connectivity index (χ2v) is 4.86. The summed E-state index contributed by atoms with van der Waals surface area (Å²) >= 11 is 0. The maximum Gasteiger partial charge on any atom is 0.231 e. The lowest BCUT2D eigenvalue weighted by Crippen LogP contribution is -2.24. The van der Waals surface area contributed by atoms with Crippen molar-refractivity contribution in [1.29, 1.82) is 0 Å². The van der Waals surface area contributed by atoms with Gasteiger partial charge in [0.15, 0.2) is 11.5 Å². The molecule has 0 radical (unpaired) electrons. The predicted molar refractivity (Wildman–Crippen MR) is 75.7 cm³/mol. The van der Waals surface area contributed by atoms with E-state index >= 15 is 0 Å². The molecule has 0 spiro atoms. The summed E-state index contributed by atoms with van der Waals surface area (Å²) in [7, 11) is 0. The lowest BCUT2D eigenvalue weighted by molar-refractivity contribution is 0.0109. The molecule has 1 aliphatic heterocycles. The molecular weight excluding hydrogens is 276 g/mol. The van der Waals surface area contributed by atoms with E-state index in [9.17, 15) is 10.2 Å². The largest absolute Gasteiger partial charge is 0.490 e. The first kappa shape index (κ1) is 15.9. The second-order valence-electron chi connectivity index (χ2n) is 4.86. The van der Waals surface area contributed by atoms with Gasteiger partial charge < -0.3 is 29.2 Å². The van der Waals surface area contributed by atoms with Gasteiger partial charge in [-0.15, -0.1) is 0 Å². The average Bonchev–Trinajstić information content (AvgIpc) is 2.95. The first-order chi connectivity index (χ1) is 10.2. The number of fused-ring (bicyclic) bond motifs is 1. The monoisotopic (exact) mass is 298 g/mol. The molecule has 0 aromatic heterocycles. The molecule has 2 N–H and O–H groups in total. The minimum atomic E-state index is -0.709. The normalized spacial score (nSPS) is 14.2. The lowest BCUT2D eigenvalue weighted by Gasteiger charge is -2.15. The molecule has 6 heteroatoms. The predicted octanol–water partition coefficient (Wildman–Crippen LogP) is 1.46. The van der Waals surface area contributed by atoms with Crippen LogP contribution in [0.15, 0.2) is 12.1 Å². The molecule has 1 atom stereocenters. The van der Waals surface area contributed by atoms with Gasteiger partial charge >= 0.3 is 0 Å². The molecule has 0 saturated carbocycles. The number of benzene rings is 1.